The Bertz CT molecular complexity index is 648. The summed E-state index contributed by atoms with van der Waals surface area (Å²) in [6.07, 6.45) is 4.45. The zero-order chi connectivity index (χ0) is 18.9. The summed E-state index contributed by atoms with van der Waals surface area (Å²) in [6.45, 7) is 5.82. The quantitative estimate of drug-likeness (QED) is 0.624. The van der Waals surface area contributed by atoms with Crippen LogP contribution in [0.15, 0.2) is 65.8 Å². The van der Waals surface area contributed by atoms with Crippen molar-refractivity contribution in [3.63, 3.8) is 0 Å². The first kappa shape index (κ1) is 19.6. The van der Waals surface area contributed by atoms with Gasteiger partial charge in [-0.1, -0.05) is 60.7 Å². The lowest BCUT2D eigenvalue weighted by Gasteiger charge is -2.28. The van der Waals surface area contributed by atoms with Crippen molar-refractivity contribution in [1.82, 2.24) is 9.91 Å². The molecule has 4 heteroatoms. The van der Waals surface area contributed by atoms with Crippen molar-refractivity contribution < 1.29 is 4.74 Å². The zero-order valence-electron chi connectivity index (χ0n) is 16.5. The predicted octanol–water partition coefficient (Wildman–Crippen LogP) is 4.17. The smallest absolute Gasteiger partial charge is 0.0704 e. The van der Waals surface area contributed by atoms with Crippen molar-refractivity contribution >= 4 is 6.21 Å². The molecule has 1 fully saturated rings. The highest BCUT2D eigenvalue weighted by Crippen LogP contribution is 2.18. The van der Waals surface area contributed by atoms with Gasteiger partial charge in [-0.05, 0) is 30.9 Å². The van der Waals surface area contributed by atoms with Crippen LogP contribution in [0.1, 0.15) is 30.9 Å². The van der Waals surface area contributed by atoms with Gasteiger partial charge in [0.15, 0.2) is 0 Å². The van der Waals surface area contributed by atoms with Crippen LogP contribution in [0.4, 0.5) is 0 Å². The zero-order valence-corrected chi connectivity index (χ0v) is 16.5. The number of ether oxygens (including phenoxy) is 1. The van der Waals surface area contributed by atoms with Crippen LogP contribution in [0, 0.1) is 0 Å². The highest BCUT2D eigenvalue weighted by molar-refractivity contribution is 5.63. The Balaban J connectivity index is 1.69. The molecule has 2 aromatic rings. The normalized spacial score (nSPS) is 18.5. The second-order valence-corrected chi connectivity index (χ2v) is 7.30. The molecule has 1 aliphatic rings. The molecule has 0 N–H and O–H groups in total. The molecule has 2 atom stereocenters. The van der Waals surface area contributed by atoms with E-state index in [9.17, 15) is 0 Å². The number of hydrogen-bond acceptors (Lipinski definition) is 4. The number of methoxy groups -OCH3 is 1. The molecule has 2 aromatic carbocycles. The number of benzene rings is 2. The molecule has 0 bridgehead atoms. The maximum atomic E-state index is 5.34. The summed E-state index contributed by atoms with van der Waals surface area (Å²) in [5.41, 5.74) is 2.65. The van der Waals surface area contributed by atoms with Gasteiger partial charge < -0.3 is 4.74 Å². The molecule has 0 unspecified atom stereocenters. The Morgan fingerprint density at radius 2 is 1.67 bits per heavy atom. The van der Waals surface area contributed by atoms with Gasteiger partial charge in [0.05, 0.1) is 12.6 Å². The first-order valence-electron chi connectivity index (χ1n) is 9.88. The molecule has 0 amide bonds. The van der Waals surface area contributed by atoms with Crippen LogP contribution in [0.25, 0.3) is 0 Å². The minimum Gasteiger partial charge on any atom is -0.382 e. The SMILES string of the molecule is COC[C@@H]1CCCN1/N=C/[C@H](C)N(Cc1ccccc1)Cc1ccccc1. The predicted molar refractivity (Wildman–Crippen MR) is 112 cm³/mol. The van der Waals surface area contributed by atoms with Gasteiger partial charge in [0, 0.05) is 39.0 Å². The Labute approximate surface area is 163 Å². The molecular weight excluding hydrogens is 334 g/mol. The van der Waals surface area contributed by atoms with Crippen LogP contribution < -0.4 is 0 Å². The van der Waals surface area contributed by atoms with Crippen LogP contribution in [0.3, 0.4) is 0 Å². The third-order valence-corrected chi connectivity index (χ3v) is 5.17. The highest BCUT2D eigenvalue weighted by atomic mass is 16.5. The number of nitrogens with zero attached hydrogens (tertiary/aromatic N) is 3. The van der Waals surface area contributed by atoms with E-state index in [0.717, 1.165) is 32.7 Å². The van der Waals surface area contributed by atoms with Gasteiger partial charge in [0.1, 0.15) is 0 Å². The summed E-state index contributed by atoms with van der Waals surface area (Å²) < 4.78 is 5.34. The minimum atomic E-state index is 0.245. The fourth-order valence-electron chi connectivity index (χ4n) is 3.59. The van der Waals surface area contributed by atoms with E-state index >= 15 is 0 Å². The van der Waals surface area contributed by atoms with Crippen LogP contribution in [0.5, 0.6) is 0 Å². The van der Waals surface area contributed by atoms with Gasteiger partial charge in [0.2, 0.25) is 0 Å². The van der Waals surface area contributed by atoms with Gasteiger partial charge in [-0.25, -0.2) is 0 Å². The maximum absolute atomic E-state index is 5.34. The van der Waals surface area contributed by atoms with Gasteiger partial charge in [-0.2, -0.15) is 5.10 Å². The lowest BCUT2D eigenvalue weighted by Crippen LogP contribution is -2.35. The summed E-state index contributed by atoms with van der Waals surface area (Å²) >= 11 is 0. The van der Waals surface area contributed by atoms with Crippen molar-refractivity contribution in [3.05, 3.63) is 71.8 Å². The van der Waals surface area contributed by atoms with Crippen LogP contribution in [-0.4, -0.2) is 48.5 Å². The molecule has 0 saturated carbocycles. The minimum absolute atomic E-state index is 0.245. The molecule has 3 rings (SSSR count). The van der Waals surface area contributed by atoms with Crippen molar-refractivity contribution in [3.8, 4) is 0 Å². The second kappa shape index (κ2) is 10.2. The number of hydrogen-bond donors (Lipinski definition) is 0. The molecule has 1 aliphatic heterocycles. The van der Waals surface area contributed by atoms with E-state index in [1.165, 1.54) is 17.5 Å². The Kier molecular flexibility index (Phi) is 7.43. The summed E-state index contributed by atoms with van der Waals surface area (Å²) in [7, 11) is 1.77. The standard InChI is InChI=1S/C23H31N3O/c1-20(16-24-26-15-9-14-23(26)19-27-2)25(17-21-10-5-3-6-11-21)18-22-12-7-4-8-13-22/h3-8,10-13,16,20,23H,9,14-15,17-19H2,1-2H3/b24-16+/t20-,23-/m0/s1. The highest BCUT2D eigenvalue weighted by Gasteiger charge is 2.23. The Morgan fingerprint density at radius 3 is 2.22 bits per heavy atom. The molecule has 0 spiro atoms. The lowest BCUT2D eigenvalue weighted by molar-refractivity contribution is 0.117. The number of hydrazone groups is 1. The largest absolute Gasteiger partial charge is 0.382 e. The first-order chi connectivity index (χ1) is 13.3. The van der Waals surface area contributed by atoms with Crippen LogP contribution in [0.2, 0.25) is 0 Å². The van der Waals surface area contributed by atoms with E-state index in [1.807, 2.05) is 0 Å². The molecule has 27 heavy (non-hydrogen) atoms. The van der Waals surface area contributed by atoms with Gasteiger partial charge >= 0.3 is 0 Å². The molecular formula is C23H31N3O. The molecule has 1 heterocycles. The third-order valence-electron chi connectivity index (χ3n) is 5.17. The monoisotopic (exact) mass is 365 g/mol. The maximum Gasteiger partial charge on any atom is 0.0704 e. The molecule has 0 radical (unpaired) electrons. The third kappa shape index (κ3) is 5.91. The summed E-state index contributed by atoms with van der Waals surface area (Å²) in [5.74, 6) is 0. The molecule has 144 valence electrons. The van der Waals surface area contributed by atoms with Crippen LogP contribution in [-0.2, 0) is 17.8 Å². The molecule has 0 aromatic heterocycles. The van der Waals surface area contributed by atoms with Gasteiger partial charge in [0.25, 0.3) is 0 Å². The van der Waals surface area contributed by atoms with E-state index in [4.69, 9.17) is 9.84 Å². The van der Waals surface area contributed by atoms with Crippen molar-refractivity contribution in [2.45, 2.75) is 44.9 Å². The second-order valence-electron chi connectivity index (χ2n) is 7.30. The molecule has 4 nitrogen and oxygen atoms in total. The van der Waals surface area contributed by atoms with Crippen molar-refractivity contribution in [2.75, 3.05) is 20.3 Å². The fraction of sp³-hybridized carbons (Fsp3) is 0.435. The Morgan fingerprint density at radius 1 is 1.07 bits per heavy atom. The first-order valence-corrected chi connectivity index (χ1v) is 9.88. The van der Waals surface area contributed by atoms with Crippen LogP contribution >= 0.6 is 0 Å². The summed E-state index contributed by atoms with van der Waals surface area (Å²) in [4.78, 5) is 2.47. The van der Waals surface area contributed by atoms with E-state index in [1.54, 1.807) is 7.11 Å². The fourth-order valence-corrected chi connectivity index (χ4v) is 3.59. The van der Waals surface area contributed by atoms with Crippen molar-refractivity contribution in [1.29, 1.82) is 0 Å². The molecule has 1 saturated heterocycles. The van der Waals surface area contributed by atoms with E-state index in [-0.39, 0.29) is 6.04 Å². The van der Waals surface area contributed by atoms with E-state index in [2.05, 4.69) is 83.7 Å². The average Bonchev–Trinajstić information content (AvgIpc) is 3.15. The van der Waals surface area contributed by atoms with Gasteiger partial charge in [-0.3, -0.25) is 9.91 Å². The lowest BCUT2D eigenvalue weighted by atomic mass is 10.1. The number of rotatable bonds is 9. The molecule has 0 aliphatic carbocycles. The van der Waals surface area contributed by atoms with Gasteiger partial charge in [-0.15, -0.1) is 0 Å². The Hall–Kier alpha value is -2.17. The average molecular weight is 366 g/mol. The van der Waals surface area contributed by atoms with E-state index in [0.29, 0.717) is 6.04 Å². The van der Waals surface area contributed by atoms with E-state index < -0.39 is 0 Å². The summed E-state index contributed by atoms with van der Waals surface area (Å²) in [6, 6.07) is 22.0. The topological polar surface area (TPSA) is 28.1 Å². The summed E-state index contributed by atoms with van der Waals surface area (Å²) in [5, 5.41) is 7.01. The van der Waals surface area contributed by atoms with Crippen molar-refractivity contribution in [2.24, 2.45) is 5.10 Å².